The van der Waals surface area contributed by atoms with Crippen LogP contribution in [0.15, 0.2) is 4.99 Å². The van der Waals surface area contributed by atoms with Gasteiger partial charge in [-0.1, -0.05) is 13.8 Å². The molecule has 1 amide bonds. The highest BCUT2D eigenvalue weighted by Gasteiger charge is 2.32. The minimum Gasteiger partial charge on any atom is -0.357 e. The summed E-state index contributed by atoms with van der Waals surface area (Å²) in [7, 11) is 1.14. The summed E-state index contributed by atoms with van der Waals surface area (Å²) < 4.78 is 36.8. The molecule has 0 unspecified atom stereocenters. The Morgan fingerprint density at radius 3 is 2.43 bits per heavy atom. The predicted octanol–water partition coefficient (Wildman–Crippen LogP) is 2.32. The van der Waals surface area contributed by atoms with Crippen LogP contribution in [0.25, 0.3) is 0 Å². The van der Waals surface area contributed by atoms with Gasteiger partial charge in [0.25, 0.3) is 0 Å². The highest BCUT2D eigenvalue weighted by molar-refractivity contribution is 14.0. The molecule has 23 heavy (non-hydrogen) atoms. The number of nitrogens with one attached hydrogen (secondary N) is 1. The van der Waals surface area contributed by atoms with Crippen molar-refractivity contribution in [3.8, 4) is 0 Å². The lowest BCUT2D eigenvalue weighted by molar-refractivity contribution is -0.157. The average molecular weight is 450 g/mol. The van der Waals surface area contributed by atoms with E-state index in [4.69, 9.17) is 0 Å². The van der Waals surface area contributed by atoms with E-state index in [1.807, 2.05) is 11.8 Å². The summed E-state index contributed by atoms with van der Waals surface area (Å²) in [5, 5.41) is 3.09. The van der Waals surface area contributed by atoms with Gasteiger partial charge in [-0.05, 0) is 18.8 Å². The van der Waals surface area contributed by atoms with E-state index in [1.165, 1.54) is 0 Å². The number of carbonyl (C=O) groups is 1. The van der Waals surface area contributed by atoms with Crippen LogP contribution in [0.3, 0.4) is 0 Å². The number of likely N-dealkylation sites (tertiary alicyclic amines) is 1. The molecular weight excluding hydrogens is 424 g/mol. The van der Waals surface area contributed by atoms with E-state index in [9.17, 15) is 18.0 Å². The molecule has 136 valence electrons. The number of aliphatic imine (C=N–C) groups is 1. The number of amides is 1. The van der Waals surface area contributed by atoms with Crippen molar-refractivity contribution in [1.82, 2.24) is 15.1 Å². The first-order chi connectivity index (χ1) is 10.0. The quantitative estimate of drug-likeness (QED) is 0.407. The summed E-state index contributed by atoms with van der Waals surface area (Å²) in [6, 6.07) is 0. The van der Waals surface area contributed by atoms with E-state index in [0.717, 1.165) is 26.6 Å². The van der Waals surface area contributed by atoms with Gasteiger partial charge in [0.2, 0.25) is 5.91 Å². The summed E-state index contributed by atoms with van der Waals surface area (Å²) in [4.78, 5) is 18.6. The summed E-state index contributed by atoms with van der Waals surface area (Å²) in [6.45, 7) is 6.95. The lowest BCUT2D eigenvalue weighted by Gasteiger charge is -2.24. The normalized spacial score (nSPS) is 17.7. The van der Waals surface area contributed by atoms with Crippen molar-refractivity contribution in [3.63, 3.8) is 0 Å². The van der Waals surface area contributed by atoms with Crippen molar-refractivity contribution in [2.24, 2.45) is 10.4 Å². The summed E-state index contributed by atoms with van der Waals surface area (Å²) >= 11 is 0. The van der Waals surface area contributed by atoms with Gasteiger partial charge in [-0.2, -0.15) is 13.2 Å². The van der Waals surface area contributed by atoms with Gasteiger partial charge in [0.05, 0.1) is 0 Å². The maximum absolute atomic E-state index is 12.3. The Hall–Kier alpha value is -0.740. The van der Waals surface area contributed by atoms with Crippen molar-refractivity contribution in [3.05, 3.63) is 0 Å². The van der Waals surface area contributed by atoms with Crippen LogP contribution in [0.5, 0.6) is 0 Å². The number of halogens is 4. The molecule has 0 spiro atoms. The van der Waals surface area contributed by atoms with E-state index in [2.05, 4.69) is 24.2 Å². The zero-order valence-corrected chi connectivity index (χ0v) is 16.4. The van der Waals surface area contributed by atoms with Crippen LogP contribution in [0, 0.1) is 5.41 Å². The molecule has 1 N–H and O–H groups in total. The number of alkyl halides is 3. The van der Waals surface area contributed by atoms with E-state index >= 15 is 0 Å². The third kappa shape index (κ3) is 8.07. The lowest BCUT2D eigenvalue weighted by Crippen LogP contribution is -2.42. The van der Waals surface area contributed by atoms with Crippen molar-refractivity contribution >= 4 is 35.8 Å². The first-order valence-corrected chi connectivity index (χ1v) is 7.38. The average Bonchev–Trinajstić information content (AvgIpc) is 2.72. The number of likely N-dealkylation sites (N-methyl/N-ethyl adjacent to an activating group) is 1. The monoisotopic (exact) mass is 450 g/mol. The number of hydrogen-bond donors (Lipinski definition) is 1. The Kier molecular flexibility index (Phi) is 8.64. The lowest BCUT2D eigenvalue weighted by atomic mass is 9.93. The molecule has 1 aliphatic heterocycles. The number of nitrogens with zero attached hydrogens (tertiary/aromatic N) is 3. The van der Waals surface area contributed by atoms with Crippen molar-refractivity contribution in [2.45, 2.75) is 33.4 Å². The molecule has 1 saturated heterocycles. The molecule has 1 heterocycles. The maximum atomic E-state index is 12.3. The molecule has 1 rings (SSSR count). The van der Waals surface area contributed by atoms with Crippen molar-refractivity contribution < 1.29 is 18.0 Å². The van der Waals surface area contributed by atoms with Gasteiger partial charge in [0.1, 0.15) is 13.1 Å². The van der Waals surface area contributed by atoms with Crippen molar-refractivity contribution in [1.29, 1.82) is 0 Å². The molecule has 1 fully saturated rings. The molecule has 0 aromatic heterocycles. The van der Waals surface area contributed by atoms with Crippen LogP contribution >= 0.6 is 24.0 Å². The zero-order chi connectivity index (χ0) is 17.0. The second kappa shape index (κ2) is 8.93. The van der Waals surface area contributed by atoms with Gasteiger partial charge in [-0.3, -0.25) is 4.79 Å². The Morgan fingerprint density at radius 2 is 2.00 bits per heavy atom. The summed E-state index contributed by atoms with van der Waals surface area (Å²) in [5.41, 5.74) is 0.174. The van der Waals surface area contributed by atoms with Gasteiger partial charge in [-0.25, -0.2) is 4.99 Å². The minimum atomic E-state index is -4.39. The van der Waals surface area contributed by atoms with Crippen LogP contribution in [0.1, 0.15) is 27.2 Å². The molecule has 9 heteroatoms. The third-order valence-electron chi connectivity index (χ3n) is 3.52. The molecular formula is C14H26F3IN4O. The number of carbonyl (C=O) groups excluding carboxylic acids is 1. The minimum absolute atomic E-state index is 0. The van der Waals surface area contributed by atoms with Gasteiger partial charge < -0.3 is 15.1 Å². The summed E-state index contributed by atoms with van der Waals surface area (Å²) in [5.74, 6) is -0.0620. The molecule has 1 aliphatic rings. The maximum Gasteiger partial charge on any atom is 0.406 e. The molecule has 0 bridgehead atoms. The van der Waals surface area contributed by atoms with E-state index in [-0.39, 0.29) is 35.9 Å². The molecule has 0 saturated carbocycles. The fourth-order valence-corrected chi connectivity index (χ4v) is 2.34. The largest absolute Gasteiger partial charge is 0.406 e. The third-order valence-corrected chi connectivity index (χ3v) is 3.52. The first-order valence-electron chi connectivity index (χ1n) is 7.38. The smallest absolute Gasteiger partial charge is 0.357 e. The zero-order valence-electron chi connectivity index (χ0n) is 14.0. The summed E-state index contributed by atoms with van der Waals surface area (Å²) in [6.07, 6.45) is -3.38. The fourth-order valence-electron chi connectivity index (χ4n) is 2.34. The van der Waals surface area contributed by atoms with Gasteiger partial charge in [0.15, 0.2) is 5.96 Å². The van der Waals surface area contributed by atoms with Crippen LogP contribution in [-0.2, 0) is 4.79 Å². The van der Waals surface area contributed by atoms with Gasteiger partial charge >= 0.3 is 6.18 Å². The van der Waals surface area contributed by atoms with Gasteiger partial charge in [-0.15, -0.1) is 24.0 Å². The second-order valence-corrected chi connectivity index (χ2v) is 6.37. The highest BCUT2D eigenvalue weighted by Crippen LogP contribution is 2.28. The highest BCUT2D eigenvalue weighted by atomic mass is 127. The van der Waals surface area contributed by atoms with Crippen molar-refractivity contribution in [2.75, 3.05) is 39.8 Å². The van der Waals surface area contributed by atoms with Gasteiger partial charge in [0, 0.05) is 26.7 Å². The van der Waals surface area contributed by atoms with E-state index < -0.39 is 18.6 Å². The Bertz CT molecular complexity index is 427. The molecule has 0 aromatic rings. The Labute approximate surface area is 152 Å². The van der Waals surface area contributed by atoms with E-state index in [0.29, 0.717) is 17.4 Å². The second-order valence-electron chi connectivity index (χ2n) is 6.37. The Morgan fingerprint density at radius 1 is 1.39 bits per heavy atom. The van der Waals surface area contributed by atoms with E-state index in [1.54, 1.807) is 0 Å². The molecule has 0 aromatic carbocycles. The van der Waals surface area contributed by atoms with Crippen LogP contribution in [0.2, 0.25) is 0 Å². The molecule has 0 atom stereocenters. The number of rotatable bonds is 4. The molecule has 5 nitrogen and oxygen atoms in total. The number of guanidine groups is 1. The van der Waals surface area contributed by atoms with Crippen LogP contribution < -0.4 is 5.32 Å². The topological polar surface area (TPSA) is 47.9 Å². The first kappa shape index (κ1) is 22.3. The SMILES string of the molecule is CCNC(=NCC(=O)N(C)CC(F)(F)F)N1CCC(C)(C)C1.I. The molecule has 0 radical (unpaired) electrons. The number of hydrogen-bond acceptors (Lipinski definition) is 2. The Balaban J connectivity index is 0.00000484. The van der Waals surface area contributed by atoms with Crippen LogP contribution in [0.4, 0.5) is 13.2 Å². The standard InChI is InChI=1S/C14H25F3N4O.HI/c1-5-18-12(21-7-6-13(2,3)9-21)19-8-11(22)20(4)10-14(15,16)17;/h5-10H2,1-4H3,(H,18,19);1H. The van der Waals surface area contributed by atoms with Crippen LogP contribution in [-0.4, -0.2) is 67.6 Å². The fraction of sp³-hybridized carbons (Fsp3) is 0.857. The molecule has 0 aliphatic carbocycles. The predicted molar refractivity (Wildman–Crippen MR) is 95.1 cm³/mol.